The van der Waals surface area contributed by atoms with E-state index in [2.05, 4.69) is 25.7 Å². The lowest BCUT2D eigenvalue weighted by atomic mass is 9.96. The van der Waals surface area contributed by atoms with Gasteiger partial charge in [-0.3, -0.25) is 4.79 Å². The summed E-state index contributed by atoms with van der Waals surface area (Å²) in [6.45, 7) is 3.55. The third-order valence-electron chi connectivity index (χ3n) is 2.41. The minimum absolute atomic E-state index is 0.0548. The van der Waals surface area contributed by atoms with E-state index in [0.29, 0.717) is 5.56 Å². The molecule has 0 heterocycles. The van der Waals surface area contributed by atoms with Crippen molar-refractivity contribution in [2.24, 2.45) is 16.5 Å². The fraction of sp³-hybridized carbons (Fsp3) is 0.333. The van der Waals surface area contributed by atoms with Crippen LogP contribution in [-0.2, 0) is 0 Å². The number of nitrogens with zero attached hydrogens (tertiary/aromatic N) is 1. The number of carbonyl (C=O) groups is 1. The van der Waals surface area contributed by atoms with E-state index in [4.69, 9.17) is 11.5 Å². The van der Waals surface area contributed by atoms with Gasteiger partial charge in [0.15, 0.2) is 5.96 Å². The summed E-state index contributed by atoms with van der Waals surface area (Å²) in [5, 5.41) is 0. The number of benzene rings is 1. The Kier molecular flexibility index (Phi) is 5.21. The van der Waals surface area contributed by atoms with Gasteiger partial charge in [-0.25, -0.2) is 0 Å². The van der Waals surface area contributed by atoms with E-state index in [1.165, 1.54) is 6.07 Å². The molecule has 5 nitrogen and oxygen atoms in total. The lowest BCUT2D eigenvalue weighted by molar-refractivity contribution is -0.274. The molecule has 0 spiro atoms. The molecule has 0 aromatic heterocycles. The molecule has 0 aliphatic rings. The van der Waals surface area contributed by atoms with E-state index in [-0.39, 0.29) is 16.0 Å². The molecule has 0 aliphatic heterocycles. The van der Waals surface area contributed by atoms with Crippen molar-refractivity contribution < 1.29 is 22.7 Å². The van der Waals surface area contributed by atoms with Crippen LogP contribution in [0, 0.1) is 0 Å². The lowest BCUT2D eigenvalue weighted by Crippen LogP contribution is -2.24. The Morgan fingerprint density at radius 2 is 1.90 bits per heavy atom. The van der Waals surface area contributed by atoms with Crippen molar-refractivity contribution >= 4 is 27.8 Å². The number of halogens is 4. The molecule has 9 heteroatoms. The van der Waals surface area contributed by atoms with Gasteiger partial charge in [-0.2, -0.15) is 4.99 Å². The van der Waals surface area contributed by atoms with Gasteiger partial charge >= 0.3 is 6.36 Å². The summed E-state index contributed by atoms with van der Waals surface area (Å²) in [5.41, 5.74) is 10.7. The molecule has 0 aliphatic carbocycles. The van der Waals surface area contributed by atoms with Crippen molar-refractivity contribution in [2.75, 3.05) is 0 Å². The fourth-order valence-corrected chi connectivity index (χ4v) is 2.05. The van der Waals surface area contributed by atoms with E-state index >= 15 is 0 Å². The second-order valence-electron chi connectivity index (χ2n) is 4.41. The molecular weight excluding hydrogens is 355 g/mol. The van der Waals surface area contributed by atoms with Gasteiger partial charge in [0.2, 0.25) is 0 Å². The van der Waals surface area contributed by atoms with Crippen molar-refractivity contribution in [3.05, 3.63) is 27.7 Å². The van der Waals surface area contributed by atoms with Gasteiger partial charge in [-0.1, -0.05) is 13.8 Å². The summed E-state index contributed by atoms with van der Waals surface area (Å²) in [6, 6.07) is 2.34. The van der Waals surface area contributed by atoms with Crippen LogP contribution in [0.2, 0.25) is 0 Å². The normalized spacial score (nSPS) is 11.4. The molecule has 0 saturated carbocycles. The van der Waals surface area contributed by atoms with E-state index in [1.54, 1.807) is 13.8 Å². The van der Waals surface area contributed by atoms with E-state index in [0.717, 1.165) is 6.07 Å². The largest absolute Gasteiger partial charge is 0.573 e. The van der Waals surface area contributed by atoms with Gasteiger partial charge in [0.1, 0.15) is 5.75 Å². The zero-order chi connectivity index (χ0) is 16.4. The standard InChI is InChI=1S/C12H13BrF3N3O2/c1-5(2)6-3-8(13)9(21-12(14,15)16)4-7(6)10(20)19-11(17)18/h3-5H,1-2H3,(H4,17,18,19,20). The number of ether oxygens (including phenoxy) is 1. The number of carbonyl (C=O) groups excluding carboxylic acids is 1. The van der Waals surface area contributed by atoms with Crippen LogP contribution in [0.25, 0.3) is 0 Å². The number of hydrogen-bond acceptors (Lipinski definition) is 2. The zero-order valence-electron chi connectivity index (χ0n) is 11.2. The van der Waals surface area contributed by atoms with Gasteiger partial charge in [0.25, 0.3) is 5.91 Å². The average molecular weight is 368 g/mol. The lowest BCUT2D eigenvalue weighted by Gasteiger charge is -2.16. The molecular formula is C12H13BrF3N3O2. The van der Waals surface area contributed by atoms with Crippen molar-refractivity contribution in [2.45, 2.75) is 26.1 Å². The highest BCUT2D eigenvalue weighted by atomic mass is 79.9. The monoisotopic (exact) mass is 367 g/mol. The van der Waals surface area contributed by atoms with Gasteiger partial charge < -0.3 is 16.2 Å². The minimum Gasteiger partial charge on any atom is -0.405 e. The Morgan fingerprint density at radius 3 is 2.33 bits per heavy atom. The van der Waals surface area contributed by atoms with Gasteiger partial charge in [-0.05, 0) is 39.5 Å². The summed E-state index contributed by atoms with van der Waals surface area (Å²) in [4.78, 5) is 15.2. The van der Waals surface area contributed by atoms with E-state index in [1.807, 2.05) is 0 Å². The number of nitrogens with two attached hydrogens (primary N) is 2. The Balaban J connectivity index is 3.41. The molecule has 0 fully saturated rings. The van der Waals surface area contributed by atoms with Crippen LogP contribution in [0.3, 0.4) is 0 Å². The SMILES string of the molecule is CC(C)c1cc(Br)c(OC(F)(F)F)cc1C(=O)N=C(N)N. The molecule has 0 radical (unpaired) electrons. The molecule has 1 amide bonds. The summed E-state index contributed by atoms with van der Waals surface area (Å²) in [6.07, 6.45) is -4.88. The second kappa shape index (κ2) is 6.33. The van der Waals surface area contributed by atoms with Crippen molar-refractivity contribution in [3.8, 4) is 5.75 Å². The molecule has 0 atom stereocenters. The summed E-state index contributed by atoms with van der Waals surface area (Å²) >= 11 is 2.98. The van der Waals surface area contributed by atoms with Gasteiger partial charge in [0, 0.05) is 5.56 Å². The quantitative estimate of drug-likeness (QED) is 0.634. The maximum atomic E-state index is 12.3. The van der Waals surface area contributed by atoms with Gasteiger partial charge in [0.05, 0.1) is 4.47 Å². The van der Waals surface area contributed by atoms with Crippen LogP contribution >= 0.6 is 15.9 Å². The maximum absolute atomic E-state index is 12.3. The van der Waals surface area contributed by atoms with Crippen molar-refractivity contribution in [3.63, 3.8) is 0 Å². The first kappa shape index (κ1) is 17.3. The first-order chi connectivity index (χ1) is 9.51. The number of alkyl halides is 3. The molecule has 116 valence electrons. The second-order valence-corrected chi connectivity index (χ2v) is 5.27. The third kappa shape index (κ3) is 4.92. The average Bonchev–Trinajstić information content (AvgIpc) is 2.28. The Bertz CT molecular complexity index is 582. The number of amides is 1. The zero-order valence-corrected chi connectivity index (χ0v) is 12.7. The molecule has 0 unspecified atom stereocenters. The first-order valence-electron chi connectivity index (χ1n) is 5.74. The minimum atomic E-state index is -4.88. The third-order valence-corrected chi connectivity index (χ3v) is 3.03. The summed E-state index contributed by atoms with van der Waals surface area (Å²) in [5.74, 6) is -1.98. The number of hydrogen-bond donors (Lipinski definition) is 2. The number of aliphatic imine (C=N–C) groups is 1. The molecule has 1 rings (SSSR count). The highest BCUT2D eigenvalue weighted by Crippen LogP contribution is 2.35. The number of rotatable bonds is 3. The molecule has 0 saturated heterocycles. The molecule has 1 aromatic rings. The fourth-order valence-electron chi connectivity index (χ4n) is 1.61. The van der Waals surface area contributed by atoms with Crippen molar-refractivity contribution in [1.29, 1.82) is 0 Å². The van der Waals surface area contributed by atoms with Crippen molar-refractivity contribution in [1.82, 2.24) is 0 Å². The first-order valence-corrected chi connectivity index (χ1v) is 6.53. The van der Waals surface area contributed by atoms with E-state index < -0.39 is 24.0 Å². The molecule has 21 heavy (non-hydrogen) atoms. The predicted molar refractivity (Wildman–Crippen MR) is 75.1 cm³/mol. The smallest absolute Gasteiger partial charge is 0.405 e. The highest BCUT2D eigenvalue weighted by Gasteiger charge is 2.32. The Labute approximate surface area is 127 Å². The molecule has 0 bridgehead atoms. The van der Waals surface area contributed by atoms with Crippen LogP contribution in [0.1, 0.15) is 35.7 Å². The Hall–Kier alpha value is -1.77. The maximum Gasteiger partial charge on any atom is 0.573 e. The predicted octanol–water partition coefficient (Wildman–Crippen LogP) is 2.88. The summed E-state index contributed by atoms with van der Waals surface area (Å²) < 4.78 is 40.9. The van der Waals surface area contributed by atoms with E-state index in [9.17, 15) is 18.0 Å². The van der Waals surface area contributed by atoms with Crippen LogP contribution in [0.4, 0.5) is 13.2 Å². The van der Waals surface area contributed by atoms with Crippen LogP contribution in [-0.4, -0.2) is 18.2 Å². The van der Waals surface area contributed by atoms with Crippen LogP contribution in [0.15, 0.2) is 21.6 Å². The van der Waals surface area contributed by atoms with Crippen LogP contribution in [0.5, 0.6) is 5.75 Å². The molecule has 1 aromatic carbocycles. The summed E-state index contributed by atoms with van der Waals surface area (Å²) in [7, 11) is 0. The van der Waals surface area contributed by atoms with Gasteiger partial charge in [-0.15, -0.1) is 13.2 Å². The Morgan fingerprint density at radius 1 is 1.33 bits per heavy atom. The topological polar surface area (TPSA) is 90.7 Å². The number of guanidine groups is 1. The highest BCUT2D eigenvalue weighted by molar-refractivity contribution is 9.10. The molecule has 4 N–H and O–H groups in total. The van der Waals surface area contributed by atoms with Crippen LogP contribution < -0.4 is 16.2 Å².